The molecule has 0 N–H and O–H groups in total. The van der Waals surface area contributed by atoms with Crippen molar-refractivity contribution in [3.8, 4) is 5.75 Å². The molecule has 0 spiro atoms. The van der Waals surface area contributed by atoms with Crippen LogP contribution in [0.3, 0.4) is 0 Å². The van der Waals surface area contributed by atoms with Gasteiger partial charge in [-0.3, -0.25) is 9.59 Å². The maximum absolute atomic E-state index is 13.8. The van der Waals surface area contributed by atoms with E-state index in [1.165, 1.54) is 0 Å². The fourth-order valence-electron chi connectivity index (χ4n) is 5.11. The van der Waals surface area contributed by atoms with E-state index >= 15 is 0 Å². The highest BCUT2D eigenvalue weighted by molar-refractivity contribution is 5.99. The molecule has 0 bridgehead atoms. The van der Waals surface area contributed by atoms with Gasteiger partial charge in [0.05, 0.1) is 29.7 Å². The van der Waals surface area contributed by atoms with Crippen LogP contribution in [0.5, 0.6) is 5.75 Å². The second kappa shape index (κ2) is 9.86. The maximum Gasteiger partial charge on any atom is 0.291 e. The molecule has 3 aromatic rings. The molecule has 1 amide bonds. The summed E-state index contributed by atoms with van der Waals surface area (Å²) >= 11 is 0. The molecule has 2 aliphatic heterocycles. The molecule has 0 radical (unpaired) electrons. The second-order valence-corrected chi connectivity index (χ2v) is 9.73. The summed E-state index contributed by atoms with van der Waals surface area (Å²) in [5, 5.41) is 0.513. The highest BCUT2D eigenvalue weighted by atomic mass is 16.5. The molecule has 5 rings (SSSR count). The smallest absolute Gasteiger partial charge is 0.291 e. The van der Waals surface area contributed by atoms with Gasteiger partial charge in [0.15, 0.2) is 5.43 Å². The van der Waals surface area contributed by atoms with Crippen molar-refractivity contribution in [1.82, 2.24) is 4.90 Å². The first-order valence-electron chi connectivity index (χ1n) is 12.7. The zero-order chi connectivity index (χ0) is 24.5. The third-order valence-electron chi connectivity index (χ3n) is 7.22. The molecular weight excluding hydrogens is 442 g/mol. The van der Waals surface area contributed by atoms with Crippen LogP contribution in [0.25, 0.3) is 11.0 Å². The van der Waals surface area contributed by atoms with Crippen molar-refractivity contribution >= 4 is 16.9 Å². The van der Waals surface area contributed by atoms with Crippen LogP contribution in [-0.2, 0) is 4.74 Å². The molecule has 2 aromatic carbocycles. The SMILES string of the molecule is CCCCCOc1ccc(C2c3c(oc4cc(C)c(C)cc4c3=O)C(=O)N2CC2CCCO2)cc1. The Balaban J connectivity index is 1.55. The van der Waals surface area contributed by atoms with Gasteiger partial charge in [-0.15, -0.1) is 0 Å². The lowest BCUT2D eigenvalue weighted by Gasteiger charge is -2.27. The number of carbonyl (C=O) groups is 1. The normalized spacial score (nSPS) is 19.5. The first kappa shape index (κ1) is 23.6. The molecule has 2 unspecified atom stereocenters. The van der Waals surface area contributed by atoms with Crippen molar-refractivity contribution in [2.45, 2.75) is 65.0 Å². The van der Waals surface area contributed by atoms with E-state index in [1.807, 2.05) is 50.2 Å². The quantitative estimate of drug-likeness (QED) is 0.391. The minimum absolute atomic E-state index is 0.0362. The van der Waals surface area contributed by atoms with E-state index in [0.29, 0.717) is 36.3 Å². The lowest BCUT2D eigenvalue weighted by atomic mass is 9.97. The summed E-state index contributed by atoms with van der Waals surface area (Å²) < 4.78 is 17.8. The Bertz CT molecular complexity index is 1290. The van der Waals surface area contributed by atoms with Gasteiger partial charge in [-0.1, -0.05) is 31.9 Å². The van der Waals surface area contributed by atoms with Crippen molar-refractivity contribution in [2.75, 3.05) is 19.8 Å². The molecule has 1 aromatic heterocycles. The Morgan fingerprint density at radius 3 is 2.54 bits per heavy atom. The Kier molecular flexibility index (Phi) is 6.65. The highest BCUT2D eigenvalue weighted by Gasteiger charge is 2.44. The van der Waals surface area contributed by atoms with Gasteiger partial charge in [0.2, 0.25) is 5.76 Å². The van der Waals surface area contributed by atoms with Crippen LogP contribution in [0.1, 0.15) is 77.9 Å². The summed E-state index contributed by atoms with van der Waals surface area (Å²) in [6, 6.07) is 11.0. The number of aryl methyl sites for hydroxylation is 2. The molecule has 6 nitrogen and oxygen atoms in total. The Labute approximate surface area is 205 Å². The average Bonchev–Trinajstić information content (AvgIpc) is 3.46. The van der Waals surface area contributed by atoms with Gasteiger partial charge < -0.3 is 18.8 Å². The van der Waals surface area contributed by atoms with E-state index in [2.05, 4.69) is 6.92 Å². The number of carbonyl (C=O) groups excluding carboxylic acids is 1. The summed E-state index contributed by atoms with van der Waals surface area (Å²) in [4.78, 5) is 29.1. The van der Waals surface area contributed by atoms with Crippen LogP contribution in [0.2, 0.25) is 0 Å². The molecule has 0 saturated carbocycles. The number of benzene rings is 2. The summed E-state index contributed by atoms with van der Waals surface area (Å²) in [7, 11) is 0. The average molecular weight is 476 g/mol. The number of unbranched alkanes of at least 4 members (excludes halogenated alkanes) is 2. The molecule has 0 aliphatic carbocycles. The molecule has 3 heterocycles. The van der Waals surface area contributed by atoms with Gasteiger partial charge >= 0.3 is 0 Å². The number of nitrogens with zero attached hydrogens (tertiary/aromatic N) is 1. The van der Waals surface area contributed by atoms with Crippen molar-refractivity contribution in [3.05, 3.63) is 74.6 Å². The van der Waals surface area contributed by atoms with E-state index in [0.717, 1.165) is 54.5 Å². The molecule has 1 saturated heterocycles. The predicted octanol–water partition coefficient (Wildman–Crippen LogP) is 5.70. The summed E-state index contributed by atoms with van der Waals surface area (Å²) in [5.41, 5.74) is 3.64. The number of hydrogen-bond donors (Lipinski definition) is 0. The fraction of sp³-hybridized carbons (Fsp3) is 0.448. The van der Waals surface area contributed by atoms with Crippen LogP contribution in [0, 0.1) is 13.8 Å². The van der Waals surface area contributed by atoms with Crippen LogP contribution in [0.4, 0.5) is 0 Å². The topological polar surface area (TPSA) is 69.0 Å². The van der Waals surface area contributed by atoms with Crippen LogP contribution >= 0.6 is 0 Å². The largest absolute Gasteiger partial charge is 0.494 e. The lowest BCUT2D eigenvalue weighted by Crippen LogP contribution is -2.36. The van der Waals surface area contributed by atoms with Gasteiger partial charge in [-0.05, 0) is 74.1 Å². The van der Waals surface area contributed by atoms with Crippen LogP contribution in [-0.4, -0.2) is 36.7 Å². The van der Waals surface area contributed by atoms with Crippen molar-refractivity contribution < 1.29 is 18.7 Å². The van der Waals surface area contributed by atoms with E-state index in [1.54, 1.807) is 4.90 Å². The van der Waals surface area contributed by atoms with Gasteiger partial charge in [-0.2, -0.15) is 0 Å². The van der Waals surface area contributed by atoms with Crippen molar-refractivity contribution in [3.63, 3.8) is 0 Å². The van der Waals surface area contributed by atoms with E-state index in [-0.39, 0.29) is 23.2 Å². The van der Waals surface area contributed by atoms with Gasteiger partial charge in [0.1, 0.15) is 11.3 Å². The zero-order valence-corrected chi connectivity index (χ0v) is 20.8. The van der Waals surface area contributed by atoms with Gasteiger partial charge in [0, 0.05) is 13.2 Å². The molecule has 2 aliphatic rings. The minimum atomic E-state index is -0.516. The molecule has 2 atom stereocenters. The Morgan fingerprint density at radius 2 is 1.83 bits per heavy atom. The van der Waals surface area contributed by atoms with Crippen molar-refractivity contribution in [1.29, 1.82) is 0 Å². The van der Waals surface area contributed by atoms with Crippen LogP contribution < -0.4 is 10.2 Å². The number of amides is 1. The number of hydrogen-bond acceptors (Lipinski definition) is 5. The lowest BCUT2D eigenvalue weighted by molar-refractivity contribution is 0.0486. The minimum Gasteiger partial charge on any atom is -0.494 e. The van der Waals surface area contributed by atoms with Crippen molar-refractivity contribution in [2.24, 2.45) is 0 Å². The fourth-order valence-corrected chi connectivity index (χ4v) is 5.11. The maximum atomic E-state index is 13.8. The number of ether oxygens (including phenoxy) is 2. The first-order chi connectivity index (χ1) is 17.0. The molecule has 1 fully saturated rings. The summed E-state index contributed by atoms with van der Waals surface area (Å²) in [6.45, 7) is 7.93. The third-order valence-corrected chi connectivity index (χ3v) is 7.22. The first-order valence-corrected chi connectivity index (χ1v) is 12.7. The number of rotatable bonds is 8. The summed E-state index contributed by atoms with van der Waals surface area (Å²) in [6.07, 6.45) is 5.15. The van der Waals surface area contributed by atoms with Gasteiger partial charge in [0.25, 0.3) is 5.91 Å². The van der Waals surface area contributed by atoms with E-state index in [4.69, 9.17) is 13.9 Å². The third kappa shape index (κ3) is 4.47. The molecule has 184 valence electrons. The van der Waals surface area contributed by atoms with E-state index in [9.17, 15) is 9.59 Å². The predicted molar refractivity (Wildman–Crippen MR) is 135 cm³/mol. The Morgan fingerprint density at radius 1 is 1.06 bits per heavy atom. The summed E-state index contributed by atoms with van der Waals surface area (Å²) in [5.74, 6) is 0.683. The second-order valence-electron chi connectivity index (χ2n) is 9.73. The molecular formula is C29H33NO5. The number of fused-ring (bicyclic) bond motifs is 2. The highest BCUT2D eigenvalue weighted by Crippen LogP contribution is 2.39. The molecule has 6 heteroatoms. The van der Waals surface area contributed by atoms with Crippen LogP contribution in [0.15, 0.2) is 45.6 Å². The van der Waals surface area contributed by atoms with E-state index < -0.39 is 6.04 Å². The molecule has 35 heavy (non-hydrogen) atoms. The zero-order valence-electron chi connectivity index (χ0n) is 20.8. The van der Waals surface area contributed by atoms with Gasteiger partial charge in [-0.25, -0.2) is 0 Å². The Hall–Kier alpha value is -3.12. The monoisotopic (exact) mass is 475 g/mol. The standard InChI is InChI=1S/C29H33NO5/c1-4-5-6-13-33-21-11-9-20(10-12-21)26-25-27(31)23-15-18(2)19(3)16-24(23)35-28(25)29(32)30(26)17-22-8-7-14-34-22/h9-12,15-16,22,26H,4-8,13-14,17H2,1-3H3.